The fraction of sp³-hybridized carbons (Fsp3) is 0.409. The molecule has 1 saturated heterocycles. The van der Waals surface area contributed by atoms with E-state index in [1.54, 1.807) is 12.1 Å². The zero-order chi connectivity index (χ0) is 19.9. The molecule has 0 radical (unpaired) electrons. The van der Waals surface area contributed by atoms with Crippen molar-refractivity contribution >= 4 is 5.97 Å². The molecule has 3 atom stereocenters. The first kappa shape index (κ1) is 20.3. The van der Waals surface area contributed by atoms with Crippen LogP contribution in [-0.2, 0) is 20.8 Å². The molecular formula is C22H26O6. The van der Waals surface area contributed by atoms with Gasteiger partial charge in [0, 0.05) is 20.0 Å². The molecule has 0 amide bonds. The predicted molar refractivity (Wildman–Crippen MR) is 103 cm³/mol. The smallest absolute Gasteiger partial charge is 0.338 e. The van der Waals surface area contributed by atoms with Crippen LogP contribution in [0.5, 0.6) is 5.75 Å². The average molecular weight is 386 g/mol. The van der Waals surface area contributed by atoms with E-state index in [-0.39, 0.29) is 12.7 Å². The lowest BCUT2D eigenvalue weighted by Gasteiger charge is -2.31. The number of aliphatic hydroxyl groups is 1. The van der Waals surface area contributed by atoms with E-state index < -0.39 is 18.4 Å². The third kappa shape index (κ3) is 5.55. The van der Waals surface area contributed by atoms with Crippen LogP contribution in [0.2, 0.25) is 0 Å². The van der Waals surface area contributed by atoms with Gasteiger partial charge in [0.05, 0.1) is 17.8 Å². The molecule has 2 aromatic rings. The SMILES string of the molecule is COC1CC(O)CC(COC(=O)c2ccc(OCc3ccccc3)cc2C)O1. The number of methoxy groups -OCH3 is 1. The van der Waals surface area contributed by atoms with E-state index in [9.17, 15) is 9.90 Å². The minimum absolute atomic E-state index is 0.0709. The van der Waals surface area contributed by atoms with E-state index in [1.165, 1.54) is 7.11 Å². The van der Waals surface area contributed by atoms with Crippen LogP contribution in [0.15, 0.2) is 48.5 Å². The fourth-order valence-corrected chi connectivity index (χ4v) is 3.15. The molecule has 0 bridgehead atoms. The minimum atomic E-state index is -0.523. The summed E-state index contributed by atoms with van der Waals surface area (Å²) in [5, 5.41) is 9.86. The summed E-state index contributed by atoms with van der Waals surface area (Å²) in [6.07, 6.45) is -0.546. The maximum absolute atomic E-state index is 12.4. The highest BCUT2D eigenvalue weighted by atomic mass is 16.7. The van der Waals surface area contributed by atoms with E-state index in [0.29, 0.717) is 30.8 Å². The number of carbonyl (C=O) groups is 1. The summed E-state index contributed by atoms with van der Waals surface area (Å²) < 4.78 is 21.9. The van der Waals surface area contributed by atoms with Gasteiger partial charge < -0.3 is 24.1 Å². The van der Waals surface area contributed by atoms with Crippen molar-refractivity contribution in [2.45, 2.75) is 44.9 Å². The topological polar surface area (TPSA) is 74.2 Å². The van der Waals surface area contributed by atoms with Gasteiger partial charge in [0.25, 0.3) is 0 Å². The number of esters is 1. The van der Waals surface area contributed by atoms with Crippen molar-refractivity contribution in [2.75, 3.05) is 13.7 Å². The third-order valence-corrected chi connectivity index (χ3v) is 4.67. The molecular weight excluding hydrogens is 360 g/mol. The summed E-state index contributed by atoms with van der Waals surface area (Å²) in [7, 11) is 1.52. The van der Waals surface area contributed by atoms with Gasteiger partial charge in [0.1, 0.15) is 19.0 Å². The van der Waals surface area contributed by atoms with Gasteiger partial charge in [0.2, 0.25) is 0 Å². The highest BCUT2D eigenvalue weighted by Gasteiger charge is 2.29. The van der Waals surface area contributed by atoms with Crippen LogP contribution in [0.3, 0.4) is 0 Å². The molecule has 1 N–H and O–H groups in total. The van der Waals surface area contributed by atoms with Gasteiger partial charge in [-0.1, -0.05) is 30.3 Å². The van der Waals surface area contributed by atoms with Gasteiger partial charge >= 0.3 is 5.97 Å². The van der Waals surface area contributed by atoms with Crippen LogP contribution in [-0.4, -0.2) is 43.3 Å². The zero-order valence-corrected chi connectivity index (χ0v) is 16.2. The minimum Gasteiger partial charge on any atom is -0.489 e. The average Bonchev–Trinajstić information content (AvgIpc) is 2.71. The van der Waals surface area contributed by atoms with Crippen molar-refractivity contribution in [1.29, 1.82) is 0 Å². The van der Waals surface area contributed by atoms with Crippen LogP contribution in [0.1, 0.15) is 34.3 Å². The highest BCUT2D eigenvalue weighted by Crippen LogP contribution is 2.22. The molecule has 1 aliphatic rings. The van der Waals surface area contributed by atoms with Crippen molar-refractivity contribution in [3.05, 3.63) is 65.2 Å². The molecule has 6 heteroatoms. The normalized spacial score (nSPS) is 21.9. The van der Waals surface area contributed by atoms with Crippen molar-refractivity contribution in [2.24, 2.45) is 0 Å². The molecule has 1 fully saturated rings. The van der Waals surface area contributed by atoms with Crippen molar-refractivity contribution in [1.82, 2.24) is 0 Å². The molecule has 3 unspecified atom stereocenters. The third-order valence-electron chi connectivity index (χ3n) is 4.67. The second kappa shape index (κ2) is 9.68. The van der Waals surface area contributed by atoms with Crippen molar-refractivity contribution < 1.29 is 28.8 Å². The van der Waals surface area contributed by atoms with Gasteiger partial charge in [-0.3, -0.25) is 0 Å². The number of carbonyl (C=O) groups excluding carboxylic acids is 1. The number of hydrogen-bond acceptors (Lipinski definition) is 6. The van der Waals surface area contributed by atoms with Gasteiger partial charge in [-0.25, -0.2) is 4.79 Å². The first-order chi connectivity index (χ1) is 13.5. The Morgan fingerprint density at radius 3 is 2.68 bits per heavy atom. The Balaban J connectivity index is 1.53. The van der Waals surface area contributed by atoms with E-state index >= 15 is 0 Å². The zero-order valence-electron chi connectivity index (χ0n) is 16.2. The summed E-state index contributed by atoms with van der Waals surface area (Å²) >= 11 is 0. The number of ether oxygens (including phenoxy) is 4. The van der Waals surface area contributed by atoms with Crippen LogP contribution < -0.4 is 4.74 Å². The van der Waals surface area contributed by atoms with E-state index in [1.807, 2.05) is 43.3 Å². The van der Waals surface area contributed by atoms with Crippen molar-refractivity contribution in [3.63, 3.8) is 0 Å². The second-order valence-electron chi connectivity index (χ2n) is 6.90. The number of hydrogen-bond donors (Lipinski definition) is 1. The van der Waals surface area contributed by atoms with Gasteiger partial charge in [-0.15, -0.1) is 0 Å². The van der Waals surface area contributed by atoms with E-state index in [2.05, 4.69) is 0 Å². The van der Waals surface area contributed by atoms with E-state index in [0.717, 1.165) is 11.1 Å². The van der Waals surface area contributed by atoms with Crippen LogP contribution in [0, 0.1) is 6.92 Å². The quantitative estimate of drug-likeness (QED) is 0.737. The maximum atomic E-state index is 12.4. The Kier molecular flexibility index (Phi) is 7.03. The lowest BCUT2D eigenvalue weighted by molar-refractivity contribution is -0.210. The molecule has 2 aromatic carbocycles. The second-order valence-corrected chi connectivity index (χ2v) is 6.90. The summed E-state index contributed by atoms with van der Waals surface area (Å²) in [4.78, 5) is 12.4. The molecule has 0 aromatic heterocycles. The monoisotopic (exact) mass is 386 g/mol. The van der Waals surface area contributed by atoms with Gasteiger partial charge in [-0.2, -0.15) is 0 Å². The molecule has 150 valence electrons. The molecule has 0 spiro atoms. The largest absolute Gasteiger partial charge is 0.489 e. The molecule has 1 aliphatic heterocycles. The van der Waals surface area contributed by atoms with Crippen molar-refractivity contribution in [3.8, 4) is 5.75 Å². The Bertz CT molecular complexity index is 776. The summed E-state index contributed by atoms with van der Waals surface area (Å²) in [5.74, 6) is 0.268. The molecule has 1 heterocycles. The number of benzene rings is 2. The predicted octanol–water partition coefficient (Wildman–Crippen LogP) is 3.24. The maximum Gasteiger partial charge on any atom is 0.338 e. The first-order valence-corrected chi connectivity index (χ1v) is 9.36. The fourth-order valence-electron chi connectivity index (χ4n) is 3.15. The Labute approximate surface area is 165 Å². The van der Waals surface area contributed by atoms with E-state index in [4.69, 9.17) is 18.9 Å². The first-order valence-electron chi connectivity index (χ1n) is 9.36. The molecule has 6 nitrogen and oxygen atoms in total. The van der Waals surface area contributed by atoms with Crippen LogP contribution in [0.4, 0.5) is 0 Å². The Hall–Kier alpha value is -2.41. The lowest BCUT2D eigenvalue weighted by atomic mass is 10.1. The van der Waals surface area contributed by atoms with Gasteiger partial charge in [-0.05, 0) is 36.2 Å². The summed E-state index contributed by atoms with van der Waals surface area (Å²) in [5.41, 5.74) is 2.33. The summed E-state index contributed by atoms with van der Waals surface area (Å²) in [6.45, 7) is 2.38. The molecule has 28 heavy (non-hydrogen) atoms. The Morgan fingerprint density at radius 1 is 1.18 bits per heavy atom. The summed E-state index contributed by atoms with van der Waals surface area (Å²) in [6, 6.07) is 15.2. The van der Waals surface area contributed by atoms with Gasteiger partial charge in [0.15, 0.2) is 6.29 Å². The van der Waals surface area contributed by atoms with Crippen LogP contribution >= 0.6 is 0 Å². The molecule has 3 rings (SSSR count). The number of aryl methyl sites for hydroxylation is 1. The lowest BCUT2D eigenvalue weighted by Crippen LogP contribution is -2.39. The molecule has 0 saturated carbocycles. The van der Waals surface area contributed by atoms with Crippen LogP contribution in [0.25, 0.3) is 0 Å². The molecule has 0 aliphatic carbocycles. The standard InChI is InChI=1S/C22H26O6/c1-15-10-18(26-13-16-6-4-3-5-7-16)8-9-20(15)22(24)27-14-19-11-17(23)12-21(25-2)28-19/h3-10,17,19,21,23H,11-14H2,1-2H3. The Morgan fingerprint density at radius 2 is 1.96 bits per heavy atom. The number of rotatable bonds is 7. The number of aliphatic hydroxyl groups excluding tert-OH is 1. The highest BCUT2D eigenvalue weighted by molar-refractivity contribution is 5.91.